The summed E-state index contributed by atoms with van der Waals surface area (Å²) in [5, 5.41) is 16.0. The molecule has 2 saturated heterocycles. The number of piperazine rings is 1. The Morgan fingerprint density at radius 2 is 1.79 bits per heavy atom. The number of para-hydroxylation sites is 2. The summed E-state index contributed by atoms with van der Waals surface area (Å²) in [5.74, 6) is 1.70. The van der Waals surface area contributed by atoms with Crippen LogP contribution in [0.3, 0.4) is 0 Å². The van der Waals surface area contributed by atoms with E-state index in [1.54, 1.807) is 12.3 Å². The number of hydrogen-bond donors (Lipinski definition) is 2. The van der Waals surface area contributed by atoms with Crippen LogP contribution in [0.25, 0.3) is 5.57 Å². The zero-order valence-electron chi connectivity index (χ0n) is 21.4. The van der Waals surface area contributed by atoms with E-state index < -0.39 is 0 Å². The number of allylic oxidation sites excluding steroid dienone is 1. The molecule has 3 aliphatic heterocycles. The summed E-state index contributed by atoms with van der Waals surface area (Å²) in [6.07, 6.45) is 4.83. The predicted molar refractivity (Wildman–Crippen MR) is 142 cm³/mol. The Morgan fingerprint density at radius 1 is 1.03 bits per heavy atom. The van der Waals surface area contributed by atoms with Gasteiger partial charge in [0, 0.05) is 58.4 Å². The molecule has 0 spiro atoms. The molecule has 2 aromatic rings. The van der Waals surface area contributed by atoms with Crippen LogP contribution in [-0.4, -0.2) is 88.8 Å². The Morgan fingerprint density at radius 3 is 2.55 bits per heavy atom. The lowest BCUT2D eigenvalue weighted by Gasteiger charge is -2.35. The number of benzene rings is 1. The van der Waals surface area contributed by atoms with Gasteiger partial charge in [0.2, 0.25) is 23.6 Å². The number of nitrogens with zero attached hydrogens (tertiary/aromatic N) is 6. The van der Waals surface area contributed by atoms with Gasteiger partial charge in [-0.15, -0.1) is 0 Å². The molecule has 198 valence electrons. The molecule has 4 heterocycles. The Labute approximate surface area is 222 Å². The molecule has 0 unspecified atom stereocenters. The van der Waals surface area contributed by atoms with Crippen LogP contribution in [0.2, 0.25) is 0 Å². The van der Waals surface area contributed by atoms with E-state index >= 15 is 0 Å². The van der Waals surface area contributed by atoms with Gasteiger partial charge in [-0.05, 0) is 37.5 Å². The Balaban J connectivity index is 1.06. The van der Waals surface area contributed by atoms with Crippen LogP contribution in [0, 0.1) is 11.3 Å². The number of anilines is 2. The fraction of sp³-hybridized carbons (Fsp3) is 0.444. The first-order valence-corrected chi connectivity index (χ1v) is 13.1. The lowest BCUT2D eigenvalue weighted by Crippen LogP contribution is -2.51. The van der Waals surface area contributed by atoms with Gasteiger partial charge in [-0.3, -0.25) is 14.5 Å². The van der Waals surface area contributed by atoms with Gasteiger partial charge in [0.1, 0.15) is 11.6 Å². The van der Waals surface area contributed by atoms with Crippen LogP contribution in [0.15, 0.2) is 42.4 Å². The molecule has 38 heavy (non-hydrogen) atoms. The minimum atomic E-state index is 0.118. The van der Waals surface area contributed by atoms with E-state index in [1.165, 1.54) is 0 Å². The standard InChI is InChI=1S/C27H32N8O3/c28-18-20(26-31-22-6-1-2-7-23(22)38-26)21-9-11-30-27(32-21)29-10-5-8-24(36)35-16-14-33(15-17-35)19-25(37)34-12-3-4-13-34/h1-2,6-7,9,11,31H,3-5,8,10,12-17,19H2,(H,29,30,32)/b26-20-. The highest BCUT2D eigenvalue weighted by Gasteiger charge is 2.25. The molecule has 0 atom stereocenters. The van der Waals surface area contributed by atoms with Gasteiger partial charge in [0.15, 0.2) is 5.75 Å². The smallest absolute Gasteiger partial charge is 0.236 e. The number of carbonyl (C=O) groups is 2. The van der Waals surface area contributed by atoms with Crippen molar-refractivity contribution >= 4 is 29.0 Å². The summed E-state index contributed by atoms with van der Waals surface area (Å²) in [6, 6.07) is 11.3. The van der Waals surface area contributed by atoms with Crippen LogP contribution in [0.4, 0.5) is 11.6 Å². The SMILES string of the molecule is N#C/C(=C1\Nc2ccccc2O1)c1ccnc(NCCCC(=O)N2CCN(CC(=O)N3CCCC3)CC2)n1. The third kappa shape index (κ3) is 6.03. The highest BCUT2D eigenvalue weighted by atomic mass is 16.5. The van der Waals surface area contributed by atoms with Crippen molar-refractivity contribution in [3.63, 3.8) is 0 Å². The van der Waals surface area contributed by atoms with Gasteiger partial charge >= 0.3 is 0 Å². The number of amides is 2. The molecule has 2 amide bonds. The molecule has 0 bridgehead atoms. The zero-order valence-corrected chi connectivity index (χ0v) is 21.4. The predicted octanol–water partition coefficient (Wildman–Crippen LogP) is 2.13. The second-order valence-electron chi connectivity index (χ2n) is 9.58. The van der Waals surface area contributed by atoms with E-state index in [0.717, 1.165) is 44.7 Å². The number of fused-ring (bicyclic) bond motifs is 1. The molecule has 5 rings (SSSR count). The third-order valence-corrected chi connectivity index (χ3v) is 6.99. The fourth-order valence-electron chi connectivity index (χ4n) is 4.85. The van der Waals surface area contributed by atoms with Crippen LogP contribution in [0.5, 0.6) is 5.75 Å². The van der Waals surface area contributed by atoms with Crippen LogP contribution in [-0.2, 0) is 9.59 Å². The maximum Gasteiger partial charge on any atom is 0.236 e. The van der Waals surface area contributed by atoms with Gasteiger partial charge in [-0.25, -0.2) is 9.97 Å². The molecular weight excluding hydrogens is 484 g/mol. The van der Waals surface area contributed by atoms with E-state index in [2.05, 4.69) is 31.6 Å². The minimum absolute atomic E-state index is 0.118. The van der Waals surface area contributed by atoms with Gasteiger partial charge in [-0.1, -0.05) is 12.1 Å². The topological polar surface area (TPSA) is 127 Å². The Hall–Kier alpha value is -4.17. The Kier molecular flexibility index (Phi) is 7.99. The van der Waals surface area contributed by atoms with E-state index in [9.17, 15) is 14.9 Å². The summed E-state index contributed by atoms with van der Waals surface area (Å²) >= 11 is 0. The molecule has 11 nitrogen and oxygen atoms in total. The monoisotopic (exact) mass is 516 g/mol. The molecule has 2 fully saturated rings. The van der Waals surface area contributed by atoms with Crippen LogP contribution < -0.4 is 15.4 Å². The molecule has 1 aromatic heterocycles. The van der Waals surface area contributed by atoms with Crippen LogP contribution >= 0.6 is 0 Å². The van der Waals surface area contributed by atoms with E-state index in [4.69, 9.17) is 4.74 Å². The Bertz CT molecular complexity index is 1220. The van der Waals surface area contributed by atoms with Gasteiger partial charge < -0.3 is 25.2 Å². The van der Waals surface area contributed by atoms with Crippen molar-refractivity contribution in [2.24, 2.45) is 0 Å². The van der Waals surface area contributed by atoms with E-state index in [1.807, 2.05) is 34.1 Å². The number of likely N-dealkylation sites (tertiary alicyclic amines) is 1. The number of carbonyl (C=O) groups excluding carboxylic acids is 2. The molecule has 1 aromatic carbocycles. The van der Waals surface area contributed by atoms with Crippen molar-refractivity contribution in [1.29, 1.82) is 5.26 Å². The van der Waals surface area contributed by atoms with Crippen molar-refractivity contribution in [3.05, 3.63) is 48.1 Å². The summed E-state index contributed by atoms with van der Waals surface area (Å²) < 4.78 is 5.79. The third-order valence-electron chi connectivity index (χ3n) is 6.99. The summed E-state index contributed by atoms with van der Waals surface area (Å²) in [6.45, 7) is 5.47. The maximum absolute atomic E-state index is 12.7. The van der Waals surface area contributed by atoms with Gasteiger partial charge in [0.05, 0.1) is 17.9 Å². The number of nitriles is 1. The largest absolute Gasteiger partial charge is 0.437 e. The maximum atomic E-state index is 12.7. The van der Waals surface area contributed by atoms with Gasteiger partial charge in [-0.2, -0.15) is 5.26 Å². The lowest BCUT2D eigenvalue weighted by atomic mass is 10.2. The normalized spacial score (nSPS) is 18.3. The average molecular weight is 517 g/mol. The first-order valence-electron chi connectivity index (χ1n) is 13.1. The van der Waals surface area contributed by atoms with Crippen molar-refractivity contribution in [2.75, 3.05) is 63.0 Å². The first kappa shape index (κ1) is 25.5. The number of ether oxygens (including phenoxy) is 1. The summed E-state index contributed by atoms with van der Waals surface area (Å²) in [7, 11) is 0. The fourth-order valence-corrected chi connectivity index (χ4v) is 4.85. The van der Waals surface area contributed by atoms with Crippen LogP contribution in [0.1, 0.15) is 31.4 Å². The lowest BCUT2D eigenvalue weighted by molar-refractivity contribution is -0.134. The molecule has 11 heteroatoms. The minimum Gasteiger partial charge on any atom is -0.437 e. The number of hydrogen-bond acceptors (Lipinski definition) is 9. The highest BCUT2D eigenvalue weighted by Crippen LogP contribution is 2.35. The molecule has 2 N–H and O–H groups in total. The quantitative estimate of drug-likeness (QED) is 0.401. The number of aromatic nitrogens is 2. The second-order valence-corrected chi connectivity index (χ2v) is 9.58. The van der Waals surface area contributed by atoms with Crippen molar-refractivity contribution in [2.45, 2.75) is 25.7 Å². The van der Waals surface area contributed by atoms with Gasteiger partial charge in [0.25, 0.3) is 0 Å². The molecule has 3 aliphatic rings. The van der Waals surface area contributed by atoms with E-state index in [-0.39, 0.29) is 17.4 Å². The molecule has 0 aliphatic carbocycles. The molecular formula is C27H32N8O3. The number of nitrogens with one attached hydrogen (secondary N) is 2. The number of rotatable bonds is 8. The summed E-state index contributed by atoms with van der Waals surface area (Å²) in [4.78, 5) is 39.7. The molecule has 0 radical (unpaired) electrons. The molecule has 0 saturated carbocycles. The zero-order chi connectivity index (χ0) is 26.3. The van der Waals surface area contributed by atoms with Crippen molar-refractivity contribution in [1.82, 2.24) is 24.7 Å². The van der Waals surface area contributed by atoms with E-state index in [0.29, 0.717) is 62.3 Å². The van der Waals surface area contributed by atoms with Crippen molar-refractivity contribution in [3.8, 4) is 11.8 Å². The van der Waals surface area contributed by atoms with Crippen molar-refractivity contribution < 1.29 is 14.3 Å². The average Bonchev–Trinajstić information content (AvgIpc) is 3.63. The first-order chi connectivity index (χ1) is 18.6. The second kappa shape index (κ2) is 11.9. The highest BCUT2D eigenvalue weighted by molar-refractivity contribution is 5.82. The summed E-state index contributed by atoms with van der Waals surface area (Å²) in [5.41, 5.74) is 1.52.